The van der Waals surface area contributed by atoms with Crippen LogP contribution in [-0.2, 0) is 9.59 Å². The third-order valence-electron chi connectivity index (χ3n) is 5.17. The second-order valence-corrected chi connectivity index (χ2v) is 8.55. The normalized spacial score (nSPS) is 14.5. The number of carbonyl (C=O) groups is 3. The largest absolute Gasteiger partial charge is 0.490 e. The molecular weight excluding hydrogens is 519 g/mol. The van der Waals surface area contributed by atoms with E-state index in [2.05, 4.69) is 5.32 Å². The highest BCUT2D eigenvalue weighted by Crippen LogP contribution is 2.37. The molecular formula is C27H22Cl2N2O6. The number of halogens is 2. The van der Waals surface area contributed by atoms with Gasteiger partial charge in [0.2, 0.25) is 0 Å². The van der Waals surface area contributed by atoms with E-state index in [1.165, 1.54) is 36.4 Å². The van der Waals surface area contributed by atoms with E-state index in [0.717, 1.165) is 4.90 Å². The molecule has 0 unspecified atom stereocenters. The number of amides is 4. The molecule has 0 bridgehead atoms. The third-order valence-corrected chi connectivity index (χ3v) is 5.70. The summed E-state index contributed by atoms with van der Waals surface area (Å²) in [5.41, 5.74) is 0.419. The summed E-state index contributed by atoms with van der Waals surface area (Å²) >= 11 is 12.4. The van der Waals surface area contributed by atoms with Crippen molar-refractivity contribution in [2.24, 2.45) is 0 Å². The molecule has 1 heterocycles. The maximum Gasteiger partial charge on any atom is 0.335 e. The van der Waals surface area contributed by atoms with Crippen LogP contribution in [0.4, 0.5) is 10.5 Å². The Morgan fingerprint density at radius 3 is 2.30 bits per heavy atom. The summed E-state index contributed by atoms with van der Waals surface area (Å²) < 4.78 is 17.1. The average molecular weight is 541 g/mol. The van der Waals surface area contributed by atoms with Crippen molar-refractivity contribution in [1.29, 1.82) is 0 Å². The second-order valence-electron chi connectivity index (χ2n) is 7.71. The first kappa shape index (κ1) is 26.1. The number of nitrogens with zero attached hydrogens (tertiary/aromatic N) is 1. The van der Waals surface area contributed by atoms with Crippen LogP contribution in [0.1, 0.15) is 12.5 Å². The van der Waals surface area contributed by atoms with Crippen LogP contribution in [0.5, 0.6) is 17.2 Å². The van der Waals surface area contributed by atoms with Gasteiger partial charge in [-0.05, 0) is 67.1 Å². The zero-order chi connectivity index (χ0) is 26.4. The highest BCUT2D eigenvalue weighted by atomic mass is 35.5. The standard InChI is InChI=1S/C27H22Cl2N2O6/c1-2-35-23-16-17(15-22(29)24(23)37-13-12-36-20-6-4-3-5-7-20)14-21-25(32)30-27(34)31(26(21)33)19-10-8-18(28)9-11-19/h3-11,14-16H,2,12-13H2,1H3,(H,30,32,34)/b21-14-. The molecule has 10 heteroatoms. The van der Waals surface area contributed by atoms with Crippen LogP contribution in [0.25, 0.3) is 6.08 Å². The van der Waals surface area contributed by atoms with Gasteiger partial charge in [-0.2, -0.15) is 0 Å². The monoisotopic (exact) mass is 540 g/mol. The van der Waals surface area contributed by atoms with E-state index in [1.54, 1.807) is 13.0 Å². The Hall–Kier alpha value is -4.01. The highest BCUT2D eigenvalue weighted by molar-refractivity contribution is 6.39. The van der Waals surface area contributed by atoms with Crippen LogP contribution in [0.15, 0.2) is 72.3 Å². The van der Waals surface area contributed by atoms with E-state index in [0.29, 0.717) is 34.4 Å². The first-order valence-corrected chi connectivity index (χ1v) is 12.1. The van der Waals surface area contributed by atoms with Gasteiger partial charge in [0.25, 0.3) is 11.8 Å². The van der Waals surface area contributed by atoms with Gasteiger partial charge in [0.1, 0.15) is 24.5 Å². The quantitative estimate of drug-likeness (QED) is 0.218. The first-order valence-electron chi connectivity index (χ1n) is 11.3. The van der Waals surface area contributed by atoms with E-state index < -0.39 is 17.8 Å². The van der Waals surface area contributed by atoms with Crippen LogP contribution in [0.3, 0.4) is 0 Å². The average Bonchev–Trinajstić information content (AvgIpc) is 2.87. The summed E-state index contributed by atoms with van der Waals surface area (Å²) in [6.45, 7) is 2.61. The predicted octanol–water partition coefficient (Wildman–Crippen LogP) is 5.52. The van der Waals surface area contributed by atoms with Gasteiger partial charge in [-0.25, -0.2) is 9.69 Å². The lowest BCUT2D eigenvalue weighted by atomic mass is 10.1. The number of hydrogen-bond acceptors (Lipinski definition) is 6. The number of ether oxygens (including phenoxy) is 3. The van der Waals surface area contributed by atoms with E-state index in [9.17, 15) is 14.4 Å². The van der Waals surface area contributed by atoms with Crippen molar-refractivity contribution in [3.05, 3.63) is 87.9 Å². The molecule has 0 aromatic heterocycles. The van der Waals surface area contributed by atoms with Crippen LogP contribution in [-0.4, -0.2) is 37.7 Å². The minimum absolute atomic E-state index is 0.203. The van der Waals surface area contributed by atoms with Crippen molar-refractivity contribution in [3.63, 3.8) is 0 Å². The van der Waals surface area contributed by atoms with Gasteiger partial charge in [0, 0.05) is 5.02 Å². The molecule has 1 aliphatic heterocycles. The second kappa shape index (κ2) is 11.8. The number of anilines is 1. The van der Waals surface area contributed by atoms with Crippen LogP contribution < -0.4 is 24.4 Å². The number of benzene rings is 3. The van der Waals surface area contributed by atoms with Gasteiger partial charge in [0.05, 0.1) is 17.3 Å². The highest BCUT2D eigenvalue weighted by Gasteiger charge is 2.36. The Labute approximate surface area is 223 Å². The fourth-order valence-electron chi connectivity index (χ4n) is 3.54. The van der Waals surface area contributed by atoms with Crippen molar-refractivity contribution in [1.82, 2.24) is 5.32 Å². The lowest BCUT2D eigenvalue weighted by Crippen LogP contribution is -2.54. The number of hydrogen-bond donors (Lipinski definition) is 1. The molecule has 4 amide bonds. The molecule has 0 aliphatic carbocycles. The molecule has 0 saturated carbocycles. The first-order chi connectivity index (χ1) is 17.9. The van der Waals surface area contributed by atoms with Crippen LogP contribution >= 0.6 is 23.2 Å². The number of nitrogens with one attached hydrogen (secondary N) is 1. The molecule has 0 spiro atoms. The molecule has 1 N–H and O–H groups in total. The zero-order valence-electron chi connectivity index (χ0n) is 19.7. The zero-order valence-corrected chi connectivity index (χ0v) is 21.2. The summed E-state index contributed by atoms with van der Waals surface area (Å²) in [6, 6.07) is 17.7. The summed E-state index contributed by atoms with van der Waals surface area (Å²) in [4.78, 5) is 38.9. The van der Waals surface area contributed by atoms with Crippen molar-refractivity contribution in [2.45, 2.75) is 6.92 Å². The molecule has 3 aromatic carbocycles. The lowest BCUT2D eigenvalue weighted by Gasteiger charge is -2.26. The minimum Gasteiger partial charge on any atom is -0.490 e. The van der Waals surface area contributed by atoms with Gasteiger partial charge >= 0.3 is 6.03 Å². The Bertz CT molecular complexity index is 1340. The molecule has 0 atom stereocenters. The van der Waals surface area contributed by atoms with Crippen LogP contribution in [0, 0.1) is 0 Å². The Morgan fingerprint density at radius 2 is 1.59 bits per heavy atom. The van der Waals surface area contributed by atoms with Crippen LogP contribution in [0.2, 0.25) is 10.0 Å². The maximum atomic E-state index is 13.1. The number of barbiturate groups is 1. The smallest absolute Gasteiger partial charge is 0.335 e. The molecule has 8 nitrogen and oxygen atoms in total. The Balaban J connectivity index is 1.56. The molecule has 0 radical (unpaired) electrons. The summed E-state index contributed by atoms with van der Waals surface area (Å²) in [5, 5.41) is 2.83. The lowest BCUT2D eigenvalue weighted by molar-refractivity contribution is -0.122. The summed E-state index contributed by atoms with van der Waals surface area (Å²) in [7, 11) is 0. The predicted molar refractivity (Wildman–Crippen MR) is 141 cm³/mol. The maximum absolute atomic E-state index is 13.1. The van der Waals surface area contributed by atoms with Gasteiger partial charge in [-0.15, -0.1) is 0 Å². The number of urea groups is 1. The van der Waals surface area contributed by atoms with E-state index in [4.69, 9.17) is 37.4 Å². The number of imide groups is 2. The van der Waals surface area contributed by atoms with Crippen molar-refractivity contribution < 1.29 is 28.6 Å². The topological polar surface area (TPSA) is 94.2 Å². The van der Waals surface area contributed by atoms with Crippen molar-refractivity contribution in [2.75, 3.05) is 24.7 Å². The third kappa shape index (κ3) is 6.22. The molecule has 1 saturated heterocycles. The summed E-state index contributed by atoms with van der Waals surface area (Å²) in [6.07, 6.45) is 1.34. The SMILES string of the molecule is CCOc1cc(/C=C2/C(=O)NC(=O)N(c3ccc(Cl)cc3)C2=O)cc(Cl)c1OCCOc1ccccc1. The van der Waals surface area contributed by atoms with Gasteiger partial charge < -0.3 is 14.2 Å². The number of para-hydroxylation sites is 1. The molecule has 3 aromatic rings. The molecule has 1 fully saturated rings. The van der Waals surface area contributed by atoms with E-state index >= 15 is 0 Å². The number of rotatable bonds is 9. The van der Waals surface area contributed by atoms with Crippen molar-refractivity contribution in [3.8, 4) is 17.2 Å². The summed E-state index contributed by atoms with van der Waals surface area (Å²) in [5.74, 6) is -0.266. The number of carbonyl (C=O) groups excluding carboxylic acids is 3. The molecule has 1 aliphatic rings. The molecule has 4 rings (SSSR count). The Kier molecular flexibility index (Phi) is 8.32. The van der Waals surface area contributed by atoms with Gasteiger partial charge in [-0.3, -0.25) is 14.9 Å². The fraction of sp³-hybridized carbons (Fsp3) is 0.148. The van der Waals surface area contributed by atoms with E-state index in [1.807, 2.05) is 30.3 Å². The molecule has 37 heavy (non-hydrogen) atoms. The minimum atomic E-state index is -0.857. The van der Waals surface area contributed by atoms with Crippen molar-refractivity contribution >= 4 is 52.8 Å². The fourth-order valence-corrected chi connectivity index (χ4v) is 3.94. The molecule has 190 valence electrons. The van der Waals surface area contributed by atoms with Gasteiger partial charge in [-0.1, -0.05) is 41.4 Å². The Morgan fingerprint density at radius 1 is 0.892 bits per heavy atom. The van der Waals surface area contributed by atoms with E-state index in [-0.39, 0.29) is 29.5 Å². The van der Waals surface area contributed by atoms with Gasteiger partial charge in [0.15, 0.2) is 11.5 Å².